The number of aromatic carboxylic acids is 1. The molecule has 0 aliphatic rings. The fourth-order valence-corrected chi connectivity index (χ4v) is 2.75. The summed E-state index contributed by atoms with van der Waals surface area (Å²) in [6, 6.07) is 7.46. The minimum atomic E-state index is -0.891. The van der Waals surface area contributed by atoms with E-state index in [1.807, 2.05) is 31.2 Å². The Bertz CT molecular complexity index is 560. The van der Waals surface area contributed by atoms with E-state index in [2.05, 4.69) is 5.32 Å². The molecule has 0 bridgehead atoms. The van der Waals surface area contributed by atoms with Gasteiger partial charge in [0.25, 0.3) is 0 Å². The normalized spacial score (nSPS) is 10.3. The molecule has 18 heavy (non-hydrogen) atoms. The second kappa shape index (κ2) is 5.42. The van der Waals surface area contributed by atoms with Crippen molar-refractivity contribution in [2.24, 2.45) is 0 Å². The van der Waals surface area contributed by atoms with Crippen LogP contribution in [-0.2, 0) is 6.54 Å². The predicted molar refractivity (Wildman–Crippen MR) is 74.8 cm³/mol. The number of anilines is 1. The van der Waals surface area contributed by atoms with Crippen molar-refractivity contribution in [2.75, 3.05) is 5.32 Å². The number of para-hydroxylation sites is 1. The van der Waals surface area contributed by atoms with Gasteiger partial charge in [-0.05, 0) is 35.6 Å². The highest BCUT2D eigenvalue weighted by atomic mass is 35.5. The van der Waals surface area contributed by atoms with Crippen molar-refractivity contribution < 1.29 is 9.90 Å². The van der Waals surface area contributed by atoms with E-state index >= 15 is 0 Å². The Labute approximate surface area is 114 Å². The van der Waals surface area contributed by atoms with Crippen LogP contribution in [-0.4, -0.2) is 11.1 Å². The lowest BCUT2D eigenvalue weighted by Crippen LogP contribution is -2.05. The van der Waals surface area contributed by atoms with Crippen molar-refractivity contribution in [2.45, 2.75) is 13.5 Å². The maximum atomic E-state index is 11.0. The third-order valence-corrected chi connectivity index (χ3v) is 3.88. The molecule has 0 saturated carbocycles. The first-order chi connectivity index (χ1) is 8.59. The summed E-state index contributed by atoms with van der Waals surface area (Å²) >= 11 is 7.32. The molecule has 0 aliphatic heterocycles. The van der Waals surface area contributed by atoms with Crippen molar-refractivity contribution >= 4 is 34.6 Å². The molecule has 0 aliphatic carbocycles. The molecule has 0 spiro atoms. The molecule has 0 saturated heterocycles. The average Bonchev–Trinajstić information content (AvgIpc) is 2.76. The number of benzene rings is 1. The number of hydrogen-bond acceptors (Lipinski definition) is 3. The Morgan fingerprint density at radius 2 is 2.22 bits per heavy atom. The summed E-state index contributed by atoms with van der Waals surface area (Å²) in [5.41, 5.74) is 2.66. The molecule has 5 heteroatoms. The van der Waals surface area contributed by atoms with Gasteiger partial charge in [-0.15, -0.1) is 11.3 Å². The van der Waals surface area contributed by atoms with Crippen LogP contribution in [0.4, 0.5) is 5.69 Å². The number of nitrogens with one attached hydrogen (secondary N) is 1. The fraction of sp³-hybridized carbons (Fsp3) is 0.154. The van der Waals surface area contributed by atoms with Crippen molar-refractivity contribution in [1.29, 1.82) is 0 Å². The lowest BCUT2D eigenvalue weighted by molar-refractivity contribution is 0.0701. The number of carboxylic acid groups (broad SMARTS) is 1. The number of carbonyl (C=O) groups is 1. The standard InChI is InChI=1S/C13H12ClNO2S/c1-8-3-2-4-10(14)11(8)15-7-9-5-6-18-12(9)13(16)17/h2-6,15H,7H2,1H3,(H,16,17). The SMILES string of the molecule is Cc1cccc(Cl)c1NCc1ccsc1C(=O)O. The van der Waals surface area contributed by atoms with Gasteiger partial charge in [0.05, 0.1) is 10.7 Å². The van der Waals surface area contributed by atoms with E-state index in [9.17, 15) is 4.79 Å². The minimum Gasteiger partial charge on any atom is -0.477 e. The largest absolute Gasteiger partial charge is 0.477 e. The summed E-state index contributed by atoms with van der Waals surface area (Å²) in [6.07, 6.45) is 0. The van der Waals surface area contributed by atoms with Gasteiger partial charge in [0.1, 0.15) is 4.88 Å². The number of thiophene rings is 1. The van der Waals surface area contributed by atoms with Gasteiger partial charge in [0.2, 0.25) is 0 Å². The maximum absolute atomic E-state index is 11.0. The van der Waals surface area contributed by atoms with Crippen LogP contribution in [0.15, 0.2) is 29.6 Å². The van der Waals surface area contributed by atoms with Crippen molar-refractivity contribution in [1.82, 2.24) is 0 Å². The highest BCUT2D eigenvalue weighted by molar-refractivity contribution is 7.12. The molecular formula is C13H12ClNO2S. The molecular weight excluding hydrogens is 270 g/mol. The number of halogens is 1. The summed E-state index contributed by atoms with van der Waals surface area (Å²) in [4.78, 5) is 11.4. The topological polar surface area (TPSA) is 49.3 Å². The molecule has 2 aromatic rings. The Hall–Kier alpha value is -1.52. The zero-order valence-corrected chi connectivity index (χ0v) is 11.3. The highest BCUT2D eigenvalue weighted by Crippen LogP contribution is 2.26. The van der Waals surface area contributed by atoms with Gasteiger partial charge in [-0.25, -0.2) is 4.79 Å². The Morgan fingerprint density at radius 3 is 2.89 bits per heavy atom. The van der Waals surface area contributed by atoms with Gasteiger partial charge in [0.15, 0.2) is 0 Å². The zero-order valence-electron chi connectivity index (χ0n) is 9.74. The van der Waals surface area contributed by atoms with Gasteiger partial charge in [-0.3, -0.25) is 0 Å². The molecule has 0 amide bonds. The molecule has 94 valence electrons. The third kappa shape index (κ3) is 2.66. The molecule has 2 rings (SSSR count). The first kappa shape index (κ1) is 12.9. The second-order valence-corrected chi connectivity index (χ2v) is 5.19. The van der Waals surface area contributed by atoms with E-state index in [-0.39, 0.29) is 0 Å². The predicted octanol–water partition coefficient (Wildman–Crippen LogP) is 4.02. The van der Waals surface area contributed by atoms with E-state index in [4.69, 9.17) is 16.7 Å². The Balaban J connectivity index is 2.17. The van der Waals surface area contributed by atoms with E-state index in [1.54, 1.807) is 5.38 Å². The summed E-state index contributed by atoms with van der Waals surface area (Å²) in [6.45, 7) is 2.41. The lowest BCUT2D eigenvalue weighted by Gasteiger charge is -2.11. The van der Waals surface area contributed by atoms with Gasteiger partial charge >= 0.3 is 5.97 Å². The molecule has 1 aromatic carbocycles. The van der Waals surface area contributed by atoms with Crippen molar-refractivity contribution in [3.05, 3.63) is 50.7 Å². The Kier molecular flexibility index (Phi) is 3.89. The number of aryl methyl sites for hydroxylation is 1. The van der Waals surface area contributed by atoms with Crippen molar-refractivity contribution in [3.8, 4) is 0 Å². The summed E-state index contributed by atoms with van der Waals surface area (Å²) in [7, 11) is 0. The fourth-order valence-electron chi connectivity index (χ4n) is 1.70. The number of rotatable bonds is 4. The van der Waals surface area contributed by atoms with Crippen LogP contribution in [0.5, 0.6) is 0 Å². The number of hydrogen-bond donors (Lipinski definition) is 2. The third-order valence-electron chi connectivity index (χ3n) is 2.62. The molecule has 0 unspecified atom stereocenters. The Morgan fingerprint density at radius 1 is 1.44 bits per heavy atom. The molecule has 0 radical (unpaired) electrons. The molecule has 0 atom stereocenters. The average molecular weight is 282 g/mol. The summed E-state index contributed by atoms with van der Waals surface area (Å²) < 4.78 is 0. The van der Waals surface area contributed by atoms with Gasteiger partial charge in [-0.2, -0.15) is 0 Å². The van der Waals surface area contributed by atoms with E-state index < -0.39 is 5.97 Å². The monoisotopic (exact) mass is 281 g/mol. The highest BCUT2D eigenvalue weighted by Gasteiger charge is 2.12. The van der Waals surface area contributed by atoms with Crippen LogP contribution in [0.25, 0.3) is 0 Å². The molecule has 3 nitrogen and oxygen atoms in total. The van der Waals surface area contributed by atoms with Gasteiger partial charge < -0.3 is 10.4 Å². The van der Waals surface area contributed by atoms with E-state index in [0.29, 0.717) is 16.4 Å². The molecule has 0 fully saturated rings. The van der Waals surface area contributed by atoms with Crippen LogP contribution in [0.1, 0.15) is 20.8 Å². The lowest BCUT2D eigenvalue weighted by atomic mass is 10.2. The van der Waals surface area contributed by atoms with Crippen LogP contribution in [0, 0.1) is 6.92 Å². The quantitative estimate of drug-likeness (QED) is 0.890. The first-order valence-electron chi connectivity index (χ1n) is 5.38. The maximum Gasteiger partial charge on any atom is 0.346 e. The minimum absolute atomic E-state index is 0.368. The van der Waals surface area contributed by atoms with E-state index in [0.717, 1.165) is 16.8 Å². The smallest absolute Gasteiger partial charge is 0.346 e. The van der Waals surface area contributed by atoms with Crippen LogP contribution in [0.2, 0.25) is 5.02 Å². The zero-order chi connectivity index (χ0) is 13.1. The van der Waals surface area contributed by atoms with Crippen LogP contribution >= 0.6 is 22.9 Å². The molecule has 1 heterocycles. The van der Waals surface area contributed by atoms with Gasteiger partial charge in [-0.1, -0.05) is 23.7 Å². The molecule has 2 N–H and O–H groups in total. The van der Waals surface area contributed by atoms with Crippen LogP contribution < -0.4 is 5.32 Å². The first-order valence-corrected chi connectivity index (χ1v) is 6.64. The van der Waals surface area contributed by atoms with E-state index in [1.165, 1.54) is 11.3 Å². The van der Waals surface area contributed by atoms with Crippen LogP contribution in [0.3, 0.4) is 0 Å². The summed E-state index contributed by atoms with van der Waals surface area (Å²) in [5.74, 6) is -0.891. The number of carboxylic acids is 1. The summed E-state index contributed by atoms with van der Waals surface area (Å²) in [5, 5.41) is 14.6. The second-order valence-electron chi connectivity index (χ2n) is 3.87. The molecule has 1 aromatic heterocycles. The van der Waals surface area contributed by atoms with Crippen molar-refractivity contribution in [3.63, 3.8) is 0 Å². The van der Waals surface area contributed by atoms with Gasteiger partial charge in [0, 0.05) is 6.54 Å².